The van der Waals surface area contributed by atoms with Gasteiger partial charge in [-0.25, -0.2) is 4.98 Å². The van der Waals surface area contributed by atoms with E-state index in [1.165, 1.54) is 19.8 Å². The molecular weight excluding hydrogens is 318 g/mol. The number of ether oxygens (including phenoxy) is 2. The lowest BCUT2D eigenvalue weighted by molar-refractivity contribution is -0.0974. The first-order valence-electron chi connectivity index (χ1n) is 8.32. The van der Waals surface area contributed by atoms with E-state index < -0.39 is 6.29 Å². The number of carbonyl (C=O) groups excluding carboxylic acids is 1. The first-order valence-corrected chi connectivity index (χ1v) is 8.32. The molecule has 0 fully saturated rings. The number of methoxy groups -OCH3 is 2. The molecule has 1 aromatic heterocycles. The van der Waals surface area contributed by atoms with E-state index in [1.807, 2.05) is 24.3 Å². The minimum atomic E-state index is -0.474. The Morgan fingerprint density at radius 2 is 2.00 bits per heavy atom. The molecule has 1 unspecified atom stereocenters. The molecule has 1 aromatic carbocycles. The summed E-state index contributed by atoms with van der Waals surface area (Å²) in [4.78, 5) is 19.1. The van der Waals surface area contributed by atoms with Gasteiger partial charge in [0, 0.05) is 25.9 Å². The summed E-state index contributed by atoms with van der Waals surface area (Å²) >= 11 is 0. The average Bonchev–Trinajstić information content (AvgIpc) is 2.98. The van der Waals surface area contributed by atoms with Gasteiger partial charge in [0.1, 0.15) is 11.5 Å². The Bertz CT molecular complexity index is 746. The molecular formula is C19H23N3O3. The zero-order valence-corrected chi connectivity index (χ0v) is 14.7. The van der Waals surface area contributed by atoms with Crippen molar-refractivity contribution in [2.75, 3.05) is 25.7 Å². The van der Waals surface area contributed by atoms with Gasteiger partial charge in [-0.05, 0) is 37.1 Å². The lowest BCUT2D eigenvalue weighted by Crippen LogP contribution is -2.34. The smallest absolute Gasteiger partial charge is 0.270 e. The lowest BCUT2D eigenvalue weighted by atomic mass is 10.1. The van der Waals surface area contributed by atoms with Gasteiger partial charge < -0.3 is 19.7 Å². The van der Waals surface area contributed by atoms with Crippen LogP contribution in [-0.4, -0.2) is 44.0 Å². The molecule has 6 nitrogen and oxygen atoms in total. The zero-order chi connectivity index (χ0) is 17.8. The highest BCUT2D eigenvalue weighted by molar-refractivity contribution is 5.92. The number of aromatic nitrogens is 1. The second kappa shape index (κ2) is 7.63. The fourth-order valence-electron chi connectivity index (χ4n) is 3.13. The highest BCUT2D eigenvalue weighted by Crippen LogP contribution is 2.37. The van der Waals surface area contributed by atoms with E-state index in [0.29, 0.717) is 11.7 Å². The number of rotatable bonds is 6. The average molecular weight is 341 g/mol. The van der Waals surface area contributed by atoms with Gasteiger partial charge in [-0.15, -0.1) is 0 Å². The summed E-state index contributed by atoms with van der Waals surface area (Å²) in [6, 6.07) is 14.1. The first-order chi connectivity index (χ1) is 12.1. The van der Waals surface area contributed by atoms with Crippen LogP contribution in [0.5, 0.6) is 0 Å². The largest absolute Gasteiger partial charge is 0.354 e. The molecule has 3 rings (SSSR count). The Kier molecular flexibility index (Phi) is 5.31. The van der Waals surface area contributed by atoms with Crippen LogP contribution in [0.3, 0.4) is 0 Å². The van der Waals surface area contributed by atoms with Crippen molar-refractivity contribution in [2.45, 2.75) is 25.7 Å². The normalized spacial score (nSPS) is 16.2. The number of nitrogens with one attached hydrogen (secondary N) is 1. The van der Waals surface area contributed by atoms with Crippen molar-refractivity contribution >= 4 is 17.4 Å². The fraction of sp³-hybridized carbons (Fsp3) is 0.368. The maximum atomic E-state index is 12.4. The van der Waals surface area contributed by atoms with E-state index in [9.17, 15) is 4.79 Å². The van der Waals surface area contributed by atoms with E-state index in [-0.39, 0.29) is 12.5 Å². The van der Waals surface area contributed by atoms with Crippen molar-refractivity contribution in [3.63, 3.8) is 0 Å². The predicted octanol–water partition coefficient (Wildman–Crippen LogP) is 2.51. The van der Waals surface area contributed by atoms with Gasteiger partial charge in [-0.1, -0.05) is 24.3 Å². The number of fused-ring (bicyclic) bond motifs is 1. The van der Waals surface area contributed by atoms with E-state index in [2.05, 4.69) is 34.3 Å². The number of amides is 1. The molecule has 0 bridgehead atoms. The quantitative estimate of drug-likeness (QED) is 0.818. The summed E-state index contributed by atoms with van der Waals surface area (Å²) in [7, 11) is 3.07. The van der Waals surface area contributed by atoms with Crippen molar-refractivity contribution in [1.29, 1.82) is 0 Å². The topological polar surface area (TPSA) is 63.7 Å². The summed E-state index contributed by atoms with van der Waals surface area (Å²) in [5.41, 5.74) is 2.83. The molecule has 1 aliphatic rings. The Labute approximate surface area is 147 Å². The van der Waals surface area contributed by atoms with Crippen molar-refractivity contribution in [3.05, 3.63) is 53.7 Å². The molecule has 132 valence electrons. The zero-order valence-electron chi connectivity index (χ0n) is 14.7. The van der Waals surface area contributed by atoms with Gasteiger partial charge in [-0.2, -0.15) is 0 Å². The summed E-state index contributed by atoms with van der Waals surface area (Å²) in [5.74, 6) is 0.529. The number of nitrogens with zero attached hydrogens (tertiary/aromatic N) is 2. The fourth-order valence-corrected chi connectivity index (χ4v) is 3.13. The van der Waals surface area contributed by atoms with E-state index in [4.69, 9.17) is 9.47 Å². The molecule has 0 radical (unpaired) electrons. The second-order valence-electron chi connectivity index (χ2n) is 6.04. The minimum absolute atomic E-state index is 0.249. The lowest BCUT2D eigenvalue weighted by Gasteiger charge is -2.24. The third-order valence-corrected chi connectivity index (χ3v) is 4.38. The van der Waals surface area contributed by atoms with Gasteiger partial charge in [0.05, 0.1) is 6.54 Å². The highest BCUT2D eigenvalue weighted by Gasteiger charge is 2.28. The van der Waals surface area contributed by atoms with Crippen molar-refractivity contribution in [2.24, 2.45) is 0 Å². The second-order valence-corrected chi connectivity index (χ2v) is 6.04. The molecule has 0 aliphatic carbocycles. The minimum Gasteiger partial charge on any atom is -0.354 e. The maximum absolute atomic E-state index is 12.4. The Balaban J connectivity index is 1.79. The summed E-state index contributed by atoms with van der Waals surface area (Å²) in [6.07, 6.45) is 0.495. The highest BCUT2D eigenvalue weighted by atomic mass is 16.7. The number of hydrogen-bond acceptors (Lipinski definition) is 5. The van der Waals surface area contributed by atoms with Crippen molar-refractivity contribution in [3.8, 4) is 0 Å². The molecule has 0 spiro atoms. The SMILES string of the molecule is COC(CNC(=O)c1cccc(N2c3ccccc3CC2C)n1)OC. The van der Waals surface area contributed by atoms with Crippen LogP contribution in [0, 0.1) is 0 Å². The molecule has 1 N–H and O–H groups in total. The van der Waals surface area contributed by atoms with Gasteiger partial charge >= 0.3 is 0 Å². The van der Waals surface area contributed by atoms with Crippen LogP contribution in [0.4, 0.5) is 11.5 Å². The van der Waals surface area contributed by atoms with E-state index in [1.54, 1.807) is 6.07 Å². The standard InChI is InChI=1S/C19H23N3O3/c1-13-11-14-7-4-5-9-16(14)22(13)17-10-6-8-15(21-17)19(23)20-12-18(24-2)25-3/h4-10,13,18H,11-12H2,1-3H3,(H,20,23). The van der Waals surface area contributed by atoms with Gasteiger partial charge in [-0.3, -0.25) is 4.79 Å². The van der Waals surface area contributed by atoms with Crippen LogP contribution in [0.1, 0.15) is 23.0 Å². The first kappa shape index (κ1) is 17.4. The van der Waals surface area contributed by atoms with Crippen LogP contribution >= 0.6 is 0 Å². The molecule has 0 saturated carbocycles. The summed E-state index contributed by atoms with van der Waals surface area (Å²) in [5, 5.41) is 2.78. The molecule has 2 heterocycles. The molecule has 2 aromatic rings. The van der Waals surface area contributed by atoms with Gasteiger partial charge in [0.15, 0.2) is 6.29 Å². The Morgan fingerprint density at radius 1 is 1.24 bits per heavy atom. The van der Waals surface area contributed by atoms with Gasteiger partial charge in [0.2, 0.25) is 0 Å². The van der Waals surface area contributed by atoms with Crippen LogP contribution < -0.4 is 10.2 Å². The number of benzene rings is 1. The monoisotopic (exact) mass is 341 g/mol. The number of pyridine rings is 1. The molecule has 25 heavy (non-hydrogen) atoms. The number of hydrogen-bond donors (Lipinski definition) is 1. The third kappa shape index (κ3) is 3.65. The Hall–Kier alpha value is -2.44. The summed E-state index contributed by atoms with van der Waals surface area (Å²) in [6.45, 7) is 2.43. The predicted molar refractivity (Wildman–Crippen MR) is 96.1 cm³/mol. The summed E-state index contributed by atoms with van der Waals surface area (Å²) < 4.78 is 10.2. The van der Waals surface area contributed by atoms with E-state index >= 15 is 0 Å². The van der Waals surface area contributed by atoms with Crippen LogP contribution in [-0.2, 0) is 15.9 Å². The van der Waals surface area contributed by atoms with Crippen LogP contribution in [0.15, 0.2) is 42.5 Å². The van der Waals surface area contributed by atoms with E-state index in [0.717, 1.165) is 17.9 Å². The van der Waals surface area contributed by atoms with Crippen molar-refractivity contribution < 1.29 is 14.3 Å². The van der Waals surface area contributed by atoms with Crippen LogP contribution in [0.25, 0.3) is 0 Å². The Morgan fingerprint density at radius 3 is 2.76 bits per heavy atom. The third-order valence-electron chi connectivity index (χ3n) is 4.38. The van der Waals surface area contributed by atoms with Gasteiger partial charge in [0.25, 0.3) is 5.91 Å². The molecule has 0 saturated heterocycles. The maximum Gasteiger partial charge on any atom is 0.270 e. The molecule has 1 amide bonds. The number of para-hydroxylation sites is 1. The molecule has 6 heteroatoms. The molecule has 1 atom stereocenters. The van der Waals surface area contributed by atoms with Crippen molar-refractivity contribution in [1.82, 2.24) is 10.3 Å². The number of carbonyl (C=O) groups is 1. The molecule has 1 aliphatic heterocycles. The number of anilines is 2. The van der Waals surface area contributed by atoms with Crippen LogP contribution in [0.2, 0.25) is 0 Å².